The summed E-state index contributed by atoms with van der Waals surface area (Å²) < 4.78 is 0. The molecule has 3 aromatic rings. The smallest absolute Gasteiger partial charge is 0.272 e. The Bertz CT molecular complexity index is 970. The van der Waals surface area contributed by atoms with Crippen LogP contribution in [0.15, 0.2) is 85.1 Å². The third-order valence-electron chi connectivity index (χ3n) is 6.95. The Kier molecular flexibility index (Phi) is 8.26. The molecule has 1 amide bonds. The second-order valence-corrected chi connectivity index (χ2v) is 9.16. The number of carbonyl (C=O) groups is 1. The van der Waals surface area contributed by atoms with Crippen LogP contribution in [0.5, 0.6) is 0 Å². The van der Waals surface area contributed by atoms with Gasteiger partial charge in [0.05, 0.1) is 0 Å². The molecule has 0 unspecified atom stereocenters. The van der Waals surface area contributed by atoms with E-state index >= 15 is 0 Å². The van der Waals surface area contributed by atoms with Gasteiger partial charge in [0, 0.05) is 19.3 Å². The monoisotopic (exact) mass is 441 g/mol. The fourth-order valence-corrected chi connectivity index (χ4v) is 5.01. The first kappa shape index (κ1) is 23.2. The number of rotatable bonds is 9. The summed E-state index contributed by atoms with van der Waals surface area (Å²) in [5.74, 6) is 0.509. The quantitative estimate of drug-likeness (QED) is 0.463. The van der Waals surface area contributed by atoms with Crippen molar-refractivity contribution in [3.05, 3.63) is 102 Å². The predicted octanol–water partition coefficient (Wildman–Crippen LogP) is 5.11. The average Bonchev–Trinajstić information content (AvgIpc) is 2.89. The van der Waals surface area contributed by atoms with Crippen LogP contribution in [0.2, 0.25) is 0 Å². The number of aryl methyl sites for hydroxylation is 1. The molecule has 1 atom stereocenters. The highest BCUT2D eigenvalue weighted by Gasteiger charge is 2.32. The second kappa shape index (κ2) is 11.8. The zero-order valence-electron chi connectivity index (χ0n) is 19.6. The normalized spacial score (nSPS) is 15.8. The number of carbonyl (C=O) groups excluding carboxylic acids is 1. The van der Waals surface area contributed by atoms with Crippen molar-refractivity contribution in [1.82, 2.24) is 14.8 Å². The van der Waals surface area contributed by atoms with Crippen molar-refractivity contribution < 1.29 is 4.79 Å². The minimum Gasteiger partial charge on any atom is -0.337 e. The van der Waals surface area contributed by atoms with Gasteiger partial charge >= 0.3 is 0 Å². The Labute approximate surface area is 198 Å². The molecule has 4 rings (SSSR count). The zero-order valence-corrected chi connectivity index (χ0v) is 19.6. The lowest BCUT2D eigenvalue weighted by atomic mass is 9.84. The first-order valence-corrected chi connectivity index (χ1v) is 12.2. The molecule has 1 aliphatic rings. The van der Waals surface area contributed by atoms with Gasteiger partial charge in [0.2, 0.25) is 0 Å². The molecule has 0 saturated carbocycles. The van der Waals surface area contributed by atoms with Gasteiger partial charge in [-0.25, -0.2) is 0 Å². The van der Waals surface area contributed by atoms with E-state index in [4.69, 9.17) is 0 Å². The molecule has 0 spiro atoms. The molecule has 0 N–H and O–H groups in total. The van der Waals surface area contributed by atoms with Gasteiger partial charge < -0.3 is 9.80 Å². The SMILES string of the molecule is CN(C(=O)c1ccccn1)[C@@H](Cc1ccccc1)C1CCN(CCCc2ccccc2)CC1. The van der Waals surface area contributed by atoms with Crippen molar-refractivity contribution in [2.24, 2.45) is 5.92 Å². The van der Waals surface area contributed by atoms with E-state index in [2.05, 4.69) is 70.5 Å². The fraction of sp³-hybridized carbons (Fsp3) is 0.379. The molecule has 0 aliphatic carbocycles. The van der Waals surface area contributed by atoms with E-state index in [9.17, 15) is 4.79 Å². The molecular weight excluding hydrogens is 406 g/mol. The Morgan fingerprint density at radius 3 is 2.21 bits per heavy atom. The number of hydrogen-bond acceptors (Lipinski definition) is 3. The maximum Gasteiger partial charge on any atom is 0.272 e. The van der Waals surface area contributed by atoms with Crippen LogP contribution < -0.4 is 0 Å². The van der Waals surface area contributed by atoms with Crippen molar-refractivity contribution in [3.63, 3.8) is 0 Å². The number of pyridine rings is 1. The third kappa shape index (κ3) is 6.52. The Morgan fingerprint density at radius 2 is 1.58 bits per heavy atom. The first-order valence-electron chi connectivity index (χ1n) is 12.2. The number of hydrogen-bond donors (Lipinski definition) is 0. The van der Waals surface area contributed by atoms with Crippen molar-refractivity contribution in [1.29, 1.82) is 0 Å². The van der Waals surface area contributed by atoms with Crippen molar-refractivity contribution in [3.8, 4) is 0 Å². The maximum atomic E-state index is 13.2. The van der Waals surface area contributed by atoms with Gasteiger partial charge in [-0.3, -0.25) is 9.78 Å². The summed E-state index contributed by atoms with van der Waals surface area (Å²) in [6.45, 7) is 3.36. The van der Waals surface area contributed by atoms with Crippen LogP contribution in [0.4, 0.5) is 0 Å². The highest BCUT2D eigenvalue weighted by atomic mass is 16.2. The molecule has 0 radical (unpaired) electrons. The summed E-state index contributed by atoms with van der Waals surface area (Å²) in [4.78, 5) is 22.1. The Balaban J connectivity index is 1.37. The molecule has 1 aromatic heterocycles. The number of amides is 1. The molecule has 2 heterocycles. The van der Waals surface area contributed by atoms with Gasteiger partial charge in [-0.05, 0) is 80.9 Å². The van der Waals surface area contributed by atoms with Crippen LogP contribution in [-0.4, -0.2) is 53.4 Å². The molecule has 1 fully saturated rings. The summed E-state index contributed by atoms with van der Waals surface area (Å²) >= 11 is 0. The number of aromatic nitrogens is 1. The molecule has 2 aromatic carbocycles. The lowest BCUT2D eigenvalue weighted by Gasteiger charge is -2.40. The van der Waals surface area contributed by atoms with Crippen molar-refractivity contribution in [2.75, 3.05) is 26.7 Å². The van der Waals surface area contributed by atoms with E-state index < -0.39 is 0 Å². The largest absolute Gasteiger partial charge is 0.337 e. The van der Waals surface area contributed by atoms with Crippen LogP contribution in [0.1, 0.15) is 40.9 Å². The van der Waals surface area contributed by atoms with Crippen molar-refractivity contribution >= 4 is 5.91 Å². The molecule has 0 bridgehead atoms. The van der Waals surface area contributed by atoms with E-state index in [-0.39, 0.29) is 11.9 Å². The van der Waals surface area contributed by atoms with Crippen LogP contribution >= 0.6 is 0 Å². The number of likely N-dealkylation sites (N-methyl/N-ethyl adjacent to an activating group) is 1. The average molecular weight is 442 g/mol. The second-order valence-electron chi connectivity index (χ2n) is 9.16. The number of nitrogens with zero attached hydrogens (tertiary/aromatic N) is 3. The van der Waals surface area contributed by atoms with Crippen LogP contribution in [0.25, 0.3) is 0 Å². The predicted molar refractivity (Wildman–Crippen MR) is 134 cm³/mol. The van der Waals surface area contributed by atoms with E-state index in [0.717, 1.165) is 45.3 Å². The molecule has 1 aliphatic heterocycles. The number of likely N-dealkylation sites (tertiary alicyclic amines) is 1. The molecule has 1 saturated heterocycles. The van der Waals surface area contributed by atoms with E-state index in [1.165, 1.54) is 17.5 Å². The van der Waals surface area contributed by atoms with Gasteiger partial charge in [0.25, 0.3) is 5.91 Å². The summed E-state index contributed by atoms with van der Waals surface area (Å²) in [6, 6.07) is 27.0. The van der Waals surface area contributed by atoms with Crippen LogP contribution in [0, 0.1) is 5.92 Å². The standard InChI is InChI=1S/C29H35N3O/c1-31(29(33)27-16-8-9-19-30-27)28(23-25-13-6-3-7-14-25)26-17-21-32(22-18-26)20-10-15-24-11-4-2-5-12-24/h2-9,11-14,16,19,26,28H,10,15,17-18,20-23H2,1H3/t28-/m0/s1. The zero-order chi connectivity index (χ0) is 22.9. The topological polar surface area (TPSA) is 36.4 Å². The highest BCUT2D eigenvalue weighted by Crippen LogP contribution is 2.27. The van der Waals surface area contributed by atoms with Gasteiger partial charge in [0.1, 0.15) is 5.69 Å². The molecular formula is C29H35N3O. The first-order chi connectivity index (χ1) is 16.2. The number of benzene rings is 2. The van der Waals surface area contributed by atoms with Gasteiger partial charge in [-0.2, -0.15) is 0 Å². The third-order valence-corrected chi connectivity index (χ3v) is 6.95. The Morgan fingerprint density at radius 1 is 0.939 bits per heavy atom. The summed E-state index contributed by atoms with van der Waals surface area (Å²) in [7, 11) is 1.96. The lowest BCUT2D eigenvalue weighted by molar-refractivity contribution is 0.0584. The molecule has 4 nitrogen and oxygen atoms in total. The molecule has 4 heteroatoms. The number of piperidine rings is 1. The lowest BCUT2D eigenvalue weighted by Crippen LogP contribution is -2.47. The molecule has 33 heavy (non-hydrogen) atoms. The summed E-state index contributed by atoms with van der Waals surface area (Å²) in [5.41, 5.74) is 3.23. The fourth-order valence-electron chi connectivity index (χ4n) is 5.01. The minimum atomic E-state index is 0.0156. The van der Waals surface area contributed by atoms with Gasteiger partial charge in [-0.1, -0.05) is 66.7 Å². The van der Waals surface area contributed by atoms with E-state index in [1.54, 1.807) is 6.20 Å². The van der Waals surface area contributed by atoms with Crippen LogP contribution in [-0.2, 0) is 12.8 Å². The van der Waals surface area contributed by atoms with E-state index in [0.29, 0.717) is 11.6 Å². The summed E-state index contributed by atoms with van der Waals surface area (Å²) in [5, 5.41) is 0. The molecule has 172 valence electrons. The van der Waals surface area contributed by atoms with Crippen molar-refractivity contribution in [2.45, 2.75) is 38.1 Å². The van der Waals surface area contributed by atoms with Crippen LogP contribution in [0.3, 0.4) is 0 Å². The van der Waals surface area contributed by atoms with Gasteiger partial charge in [-0.15, -0.1) is 0 Å². The van der Waals surface area contributed by atoms with E-state index in [1.807, 2.05) is 30.1 Å². The van der Waals surface area contributed by atoms with Gasteiger partial charge in [0.15, 0.2) is 0 Å². The Hall–Kier alpha value is -2.98. The minimum absolute atomic E-state index is 0.0156. The summed E-state index contributed by atoms with van der Waals surface area (Å²) in [6.07, 6.45) is 7.17. The highest BCUT2D eigenvalue weighted by molar-refractivity contribution is 5.92. The maximum absolute atomic E-state index is 13.2.